The van der Waals surface area contributed by atoms with Crippen LogP contribution in [-0.2, 0) is 4.74 Å². The Morgan fingerprint density at radius 3 is 2.39 bits per heavy atom. The molecule has 100 valence electrons. The first-order chi connectivity index (χ1) is 8.54. The van der Waals surface area contributed by atoms with E-state index in [-0.39, 0.29) is 5.54 Å². The van der Waals surface area contributed by atoms with Crippen molar-refractivity contribution in [3.05, 3.63) is 29.8 Å². The van der Waals surface area contributed by atoms with Gasteiger partial charge in [-0.1, -0.05) is 32.4 Å². The standard InChI is InChI=1S/C12H15NO2.C3H8/c1-12(2)8-15-11(13-12)9-6-4-5-7-10(9)14-3;1-3-2/h4-7H,8H2,1-3H3;3H2,1-2H3. The molecule has 0 aliphatic carbocycles. The first-order valence-corrected chi connectivity index (χ1v) is 6.40. The Hall–Kier alpha value is -1.51. The summed E-state index contributed by atoms with van der Waals surface area (Å²) in [6.07, 6.45) is 1.25. The van der Waals surface area contributed by atoms with Crippen molar-refractivity contribution in [1.29, 1.82) is 0 Å². The van der Waals surface area contributed by atoms with Crippen molar-refractivity contribution in [3.63, 3.8) is 0 Å². The second-order valence-electron chi connectivity index (χ2n) is 4.93. The molecule has 0 amide bonds. The third-order valence-electron chi connectivity index (χ3n) is 2.30. The van der Waals surface area contributed by atoms with Crippen molar-refractivity contribution >= 4 is 5.90 Å². The topological polar surface area (TPSA) is 30.8 Å². The molecule has 3 nitrogen and oxygen atoms in total. The summed E-state index contributed by atoms with van der Waals surface area (Å²) in [5, 5.41) is 0. The highest BCUT2D eigenvalue weighted by molar-refractivity contribution is 5.98. The Bertz CT molecular complexity index is 411. The Kier molecular flexibility index (Phi) is 5.20. The summed E-state index contributed by atoms with van der Waals surface area (Å²) >= 11 is 0. The molecule has 0 saturated heterocycles. The van der Waals surface area contributed by atoms with E-state index in [0.29, 0.717) is 12.5 Å². The van der Waals surface area contributed by atoms with Gasteiger partial charge in [0, 0.05) is 0 Å². The molecule has 0 atom stereocenters. The predicted octanol–water partition coefficient (Wildman–Crippen LogP) is 3.67. The van der Waals surface area contributed by atoms with Crippen molar-refractivity contribution in [2.45, 2.75) is 39.7 Å². The van der Waals surface area contributed by atoms with Gasteiger partial charge in [0.25, 0.3) is 0 Å². The van der Waals surface area contributed by atoms with Crippen LogP contribution >= 0.6 is 0 Å². The summed E-state index contributed by atoms with van der Waals surface area (Å²) < 4.78 is 10.8. The van der Waals surface area contributed by atoms with E-state index in [9.17, 15) is 0 Å². The van der Waals surface area contributed by atoms with Gasteiger partial charge in [0.1, 0.15) is 12.4 Å². The quantitative estimate of drug-likeness (QED) is 0.800. The van der Waals surface area contributed by atoms with Crippen molar-refractivity contribution in [3.8, 4) is 5.75 Å². The maximum Gasteiger partial charge on any atom is 0.220 e. The fourth-order valence-corrected chi connectivity index (χ4v) is 1.54. The summed E-state index contributed by atoms with van der Waals surface area (Å²) in [5.41, 5.74) is 0.793. The lowest BCUT2D eigenvalue weighted by Crippen LogP contribution is -2.17. The lowest BCUT2D eigenvalue weighted by molar-refractivity contribution is 0.278. The molecular weight excluding hydrogens is 226 g/mol. The summed E-state index contributed by atoms with van der Waals surface area (Å²) in [6.45, 7) is 8.98. The van der Waals surface area contributed by atoms with E-state index in [1.54, 1.807) is 7.11 Å². The van der Waals surface area contributed by atoms with Crippen LogP contribution in [0.5, 0.6) is 5.75 Å². The minimum Gasteiger partial charge on any atom is -0.496 e. The Morgan fingerprint density at radius 2 is 1.89 bits per heavy atom. The van der Waals surface area contributed by atoms with Crippen LogP contribution in [0.25, 0.3) is 0 Å². The minimum atomic E-state index is -0.129. The molecule has 1 aliphatic rings. The zero-order chi connectivity index (χ0) is 13.6. The van der Waals surface area contributed by atoms with Crippen molar-refractivity contribution in [2.24, 2.45) is 4.99 Å². The molecule has 0 fully saturated rings. The first kappa shape index (κ1) is 14.6. The highest BCUT2D eigenvalue weighted by Crippen LogP contribution is 2.25. The van der Waals surface area contributed by atoms with E-state index >= 15 is 0 Å². The monoisotopic (exact) mass is 249 g/mol. The average Bonchev–Trinajstić information content (AvgIpc) is 2.70. The van der Waals surface area contributed by atoms with E-state index in [2.05, 4.69) is 32.7 Å². The minimum absolute atomic E-state index is 0.129. The number of nitrogens with zero attached hydrogens (tertiary/aromatic N) is 1. The van der Waals surface area contributed by atoms with Crippen LogP contribution in [0, 0.1) is 0 Å². The van der Waals surface area contributed by atoms with Crippen molar-refractivity contribution in [2.75, 3.05) is 13.7 Å². The lowest BCUT2D eigenvalue weighted by Gasteiger charge is -2.07. The molecule has 1 heterocycles. The van der Waals surface area contributed by atoms with Gasteiger partial charge < -0.3 is 9.47 Å². The van der Waals surface area contributed by atoms with Crippen LogP contribution in [0.15, 0.2) is 29.3 Å². The van der Waals surface area contributed by atoms with Gasteiger partial charge in [-0.15, -0.1) is 0 Å². The van der Waals surface area contributed by atoms with Crippen LogP contribution in [0.2, 0.25) is 0 Å². The summed E-state index contributed by atoms with van der Waals surface area (Å²) in [6, 6.07) is 7.75. The lowest BCUT2D eigenvalue weighted by atomic mass is 10.1. The molecule has 0 N–H and O–H groups in total. The molecule has 0 saturated carbocycles. The van der Waals surface area contributed by atoms with Gasteiger partial charge in [-0.2, -0.15) is 0 Å². The second kappa shape index (κ2) is 6.43. The van der Waals surface area contributed by atoms with Gasteiger partial charge in [0.15, 0.2) is 0 Å². The molecule has 0 spiro atoms. The Balaban J connectivity index is 0.000000492. The van der Waals surface area contributed by atoms with Crippen LogP contribution in [0.1, 0.15) is 39.7 Å². The third-order valence-corrected chi connectivity index (χ3v) is 2.30. The number of hydrogen-bond acceptors (Lipinski definition) is 3. The summed E-state index contributed by atoms with van der Waals surface area (Å²) in [5.74, 6) is 1.48. The second-order valence-corrected chi connectivity index (χ2v) is 4.93. The maximum absolute atomic E-state index is 5.57. The molecule has 18 heavy (non-hydrogen) atoms. The van der Waals surface area contributed by atoms with Gasteiger partial charge >= 0.3 is 0 Å². The number of para-hydroxylation sites is 1. The average molecular weight is 249 g/mol. The van der Waals surface area contributed by atoms with Crippen molar-refractivity contribution in [1.82, 2.24) is 0 Å². The highest BCUT2D eigenvalue weighted by atomic mass is 16.5. The molecule has 0 unspecified atom stereocenters. The molecule has 1 aromatic rings. The van der Waals surface area contributed by atoms with E-state index in [0.717, 1.165) is 11.3 Å². The number of methoxy groups -OCH3 is 1. The molecule has 3 heteroatoms. The number of benzene rings is 1. The van der Waals surface area contributed by atoms with Crippen LogP contribution in [-0.4, -0.2) is 25.2 Å². The van der Waals surface area contributed by atoms with Gasteiger partial charge in [-0.25, -0.2) is 4.99 Å². The molecular formula is C15H23NO2. The van der Waals surface area contributed by atoms with E-state index < -0.39 is 0 Å². The highest BCUT2D eigenvalue weighted by Gasteiger charge is 2.28. The fourth-order valence-electron chi connectivity index (χ4n) is 1.54. The third kappa shape index (κ3) is 3.76. The van der Waals surface area contributed by atoms with E-state index in [1.807, 2.05) is 24.3 Å². The molecule has 0 radical (unpaired) electrons. The maximum atomic E-state index is 5.57. The smallest absolute Gasteiger partial charge is 0.220 e. The molecule has 0 bridgehead atoms. The molecule has 1 aliphatic heterocycles. The predicted molar refractivity (Wildman–Crippen MR) is 75.5 cm³/mol. The largest absolute Gasteiger partial charge is 0.496 e. The Labute approximate surface area is 110 Å². The zero-order valence-corrected chi connectivity index (χ0v) is 12.0. The SMILES string of the molecule is CCC.COc1ccccc1C1=NC(C)(C)CO1. The number of aliphatic imine (C=N–C) groups is 1. The summed E-state index contributed by atoms with van der Waals surface area (Å²) in [7, 11) is 1.65. The number of ether oxygens (including phenoxy) is 2. The number of rotatable bonds is 2. The van der Waals surface area contributed by atoms with E-state index in [4.69, 9.17) is 9.47 Å². The van der Waals surface area contributed by atoms with E-state index in [1.165, 1.54) is 6.42 Å². The first-order valence-electron chi connectivity index (χ1n) is 6.40. The number of hydrogen-bond donors (Lipinski definition) is 0. The van der Waals surface area contributed by atoms with Crippen LogP contribution < -0.4 is 4.74 Å². The van der Waals surface area contributed by atoms with Crippen LogP contribution in [0.4, 0.5) is 0 Å². The van der Waals surface area contributed by atoms with Crippen molar-refractivity contribution < 1.29 is 9.47 Å². The normalized spacial score (nSPS) is 16.2. The Morgan fingerprint density at radius 1 is 1.28 bits per heavy atom. The van der Waals surface area contributed by atoms with Gasteiger partial charge in [-0.3, -0.25) is 0 Å². The van der Waals surface area contributed by atoms with Gasteiger partial charge in [-0.05, 0) is 26.0 Å². The molecule has 2 rings (SSSR count). The zero-order valence-electron chi connectivity index (χ0n) is 12.0. The van der Waals surface area contributed by atoms with Crippen LogP contribution in [0.3, 0.4) is 0 Å². The fraction of sp³-hybridized carbons (Fsp3) is 0.533. The molecule has 1 aromatic carbocycles. The van der Waals surface area contributed by atoms with Gasteiger partial charge in [0.05, 0.1) is 18.2 Å². The summed E-state index contributed by atoms with van der Waals surface area (Å²) in [4.78, 5) is 4.51. The van der Waals surface area contributed by atoms with Gasteiger partial charge in [0.2, 0.25) is 5.90 Å². The molecule has 0 aromatic heterocycles.